The first-order valence-corrected chi connectivity index (χ1v) is 6.99. The molecular formula is C12H12N2O3S. The first kappa shape index (κ1) is 12.6. The molecule has 1 N–H and O–H groups in total. The van der Waals surface area contributed by atoms with Gasteiger partial charge in [-0.05, 0) is 36.6 Å². The summed E-state index contributed by atoms with van der Waals surface area (Å²) < 4.78 is 25.8. The lowest BCUT2D eigenvalue weighted by Gasteiger charge is -2.06. The van der Waals surface area contributed by atoms with Gasteiger partial charge in [0.15, 0.2) is 0 Å². The third-order valence-electron chi connectivity index (χ3n) is 2.97. The summed E-state index contributed by atoms with van der Waals surface area (Å²) in [7, 11) is -3.82. The monoisotopic (exact) mass is 264 g/mol. The number of hydrogen-bond acceptors (Lipinski definition) is 4. The van der Waals surface area contributed by atoms with Crippen molar-refractivity contribution >= 4 is 15.9 Å². The standard InChI is InChI=1S/C12H12N2O3S/c1-8-6-11(8)12(15)14-18(16,17)10-4-2-9(7-13)3-5-10/h2-5,8,11H,6H2,1H3,(H,14,15)/t8-,11+/m1/s1. The van der Waals surface area contributed by atoms with Crippen LogP contribution in [-0.2, 0) is 14.8 Å². The van der Waals surface area contributed by atoms with Gasteiger partial charge in [0.1, 0.15) is 0 Å². The normalized spacial score (nSPS) is 22.0. The third-order valence-corrected chi connectivity index (χ3v) is 4.34. The van der Waals surface area contributed by atoms with Crippen LogP contribution in [0.2, 0.25) is 0 Å². The smallest absolute Gasteiger partial charge is 0.264 e. The fourth-order valence-electron chi connectivity index (χ4n) is 1.66. The maximum absolute atomic E-state index is 11.9. The van der Waals surface area contributed by atoms with Crippen LogP contribution in [0.25, 0.3) is 0 Å². The molecule has 6 heteroatoms. The van der Waals surface area contributed by atoms with Gasteiger partial charge in [-0.3, -0.25) is 4.79 Å². The maximum atomic E-state index is 11.9. The predicted molar refractivity (Wildman–Crippen MR) is 63.8 cm³/mol. The second-order valence-electron chi connectivity index (χ2n) is 4.43. The SMILES string of the molecule is C[C@@H]1C[C@@H]1C(=O)NS(=O)(=O)c1ccc(C#N)cc1. The van der Waals surface area contributed by atoms with E-state index in [4.69, 9.17) is 5.26 Å². The van der Waals surface area contributed by atoms with Crippen molar-refractivity contribution in [1.82, 2.24) is 4.72 Å². The summed E-state index contributed by atoms with van der Waals surface area (Å²) in [6.45, 7) is 1.90. The maximum Gasteiger partial charge on any atom is 0.264 e. The number of nitriles is 1. The van der Waals surface area contributed by atoms with Crippen molar-refractivity contribution in [1.29, 1.82) is 5.26 Å². The van der Waals surface area contributed by atoms with Gasteiger partial charge in [-0.2, -0.15) is 5.26 Å². The van der Waals surface area contributed by atoms with E-state index in [1.165, 1.54) is 24.3 Å². The number of sulfonamides is 1. The second kappa shape index (κ2) is 4.42. The molecule has 2 atom stereocenters. The van der Waals surface area contributed by atoms with Crippen LogP contribution in [0.4, 0.5) is 0 Å². The minimum atomic E-state index is -3.82. The molecule has 0 saturated heterocycles. The van der Waals surface area contributed by atoms with Crippen LogP contribution < -0.4 is 4.72 Å². The van der Waals surface area contributed by atoms with Gasteiger partial charge < -0.3 is 0 Å². The van der Waals surface area contributed by atoms with Crippen molar-refractivity contribution in [3.05, 3.63) is 29.8 Å². The molecule has 1 aliphatic carbocycles. The average Bonchev–Trinajstić information content (AvgIpc) is 3.06. The van der Waals surface area contributed by atoms with Crippen molar-refractivity contribution in [2.24, 2.45) is 11.8 Å². The Hall–Kier alpha value is -1.87. The lowest BCUT2D eigenvalue weighted by atomic mass is 10.2. The minimum absolute atomic E-state index is 0.0110. The minimum Gasteiger partial charge on any atom is -0.274 e. The summed E-state index contributed by atoms with van der Waals surface area (Å²) in [5, 5.41) is 8.62. The number of benzene rings is 1. The number of nitrogens with zero attached hydrogens (tertiary/aromatic N) is 1. The zero-order chi connectivity index (χ0) is 13.3. The summed E-state index contributed by atoms with van der Waals surface area (Å²) in [5.74, 6) is -0.397. The lowest BCUT2D eigenvalue weighted by molar-refractivity contribution is -0.120. The Morgan fingerprint density at radius 1 is 1.39 bits per heavy atom. The fourth-order valence-corrected chi connectivity index (χ4v) is 2.69. The first-order valence-electron chi connectivity index (χ1n) is 5.51. The number of amides is 1. The van der Waals surface area contributed by atoms with Crippen LogP contribution in [-0.4, -0.2) is 14.3 Å². The van der Waals surface area contributed by atoms with Gasteiger partial charge in [0.2, 0.25) is 5.91 Å². The lowest BCUT2D eigenvalue weighted by Crippen LogP contribution is -2.32. The summed E-state index contributed by atoms with van der Waals surface area (Å²) in [6.07, 6.45) is 0.731. The van der Waals surface area contributed by atoms with Crippen molar-refractivity contribution < 1.29 is 13.2 Å². The molecule has 94 valence electrons. The Morgan fingerprint density at radius 2 is 1.94 bits per heavy atom. The van der Waals surface area contributed by atoms with Crippen molar-refractivity contribution in [3.8, 4) is 6.07 Å². The molecule has 0 aromatic heterocycles. The summed E-state index contributed by atoms with van der Waals surface area (Å²) in [6, 6.07) is 7.32. The molecule has 1 aliphatic rings. The quantitative estimate of drug-likeness (QED) is 0.883. The zero-order valence-electron chi connectivity index (χ0n) is 9.75. The predicted octanol–water partition coefficient (Wildman–Crippen LogP) is 1.02. The number of rotatable bonds is 3. The van der Waals surface area contributed by atoms with E-state index < -0.39 is 15.9 Å². The molecule has 2 rings (SSSR count). The molecule has 0 heterocycles. The Bertz CT molecular complexity index is 614. The highest BCUT2D eigenvalue weighted by atomic mass is 32.2. The molecule has 5 nitrogen and oxygen atoms in total. The highest BCUT2D eigenvalue weighted by Crippen LogP contribution is 2.37. The molecule has 1 fully saturated rings. The number of hydrogen-bond donors (Lipinski definition) is 1. The van der Waals surface area contributed by atoms with Gasteiger partial charge in [-0.25, -0.2) is 13.1 Å². The summed E-state index contributed by atoms with van der Waals surface area (Å²) in [5.41, 5.74) is 0.371. The molecule has 0 bridgehead atoms. The fraction of sp³-hybridized carbons (Fsp3) is 0.333. The van der Waals surface area contributed by atoms with E-state index in [0.717, 1.165) is 6.42 Å². The summed E-state index contributed by atoms with van der Waals surface area (Å²) >= 11 is 0. The topological polar surface area (TPSA) is 87.0 Å². The van der Waals surface area contributed by atoms with Crippen molar-refractivity contribution in [2.45, 2.75) is 18.2 Å². The van der Waals surface area contributed by atoms with Crippen LogP contribution in [0.1, 0.15) is 18.9 Å². The Balaban J connectivity index is 2.15. The third kappa shape index (κ3) is 2.51. The Kier molecular flexibility index (Phi) is 3.09. The van der Waals surface area contributed by atoms with E-state index in [9.17, 15) is 13.2 Å². The second-order valence-corrected chi connectivity index (χ2v) is 6.11. The van der Waals surface area contributed by atoms with E-state index in [-0.39, 0.29) is 16.7 Å². The first-order chi connectivity index (χ1) is 8.44. The molecule has 0 spiro atoms. The number of carbonyl (C=O) groups excluding carboxylic acids is 1. The van der Waals surface area contributed by atoms with Crippen LogP contribution in [0.5, 0.6) is 0 Å². The average molecular weight is 264 g/mol. The number of carbonyl (C=O) groups is 1. The van der Waals surface area contributed by atoms with E-state index in [2.05, 4.69) is 4.72 Å². The summed E-state index contributed by atoms with van der Waals surface area (Å²) in [4.78, 5) is 11.6. The van der Waals surface area contributed by atoms with Gasteiger partial charge in [0.05, 0.1) is 16.5 Å². The molecular weight excluding hydrogens is 252 g/mol. The van der Waals surface area contributed by atoms with Gasteiger partial charge in [-0.15, -0.1) is 0 Å². The van der Waals surface area contributed by atoms with Crippen LogP contribution in [0.3, 0.4) is 0 Å². The van der Waals surface area contributed by atoms with E-state index in [1.807, 2.05) is 13.0 Å². The molecule has 0 unspecified atom stereocenters. The highest BCUT2D eigenvalue weighted by molar-refractivity contribution is 7.90. The van der Waals surface area contributed by atoms with Crippen molar-refractivity contribution in [3.63, 3.8) is 0 Å². The van der Waals surface area contributed by atoms with E-state index in [1.54, 1.807) is 0 Å². The van der Waals surface area contributed by atoms with Crippen LogP contribution in [0.15, 0.2) is 29.2 Å². The van der Waals surface area contributed by atoms with Gasteiger partial charge in [0.25, 0.3) is 10.0 Å². The van der Waals surface area contributed by atoms with Crippen molar-refractivity contribution in [2.75, 3.05) is 0 Å². The van der Waals surface area contributed by atoms with Gasteiger partial charge in [0, 0.05) is 5.92 Å². The van der Waals surface area contributed by atoms with E-state index in [0.29, 0.717) is 5.56 Å². The zero-order valence-corrected chi connectivity index (χ0v) is 10.6. The molecule has 18 heavy (non-hydrogen) atoms. The van der Waals surface area contributed by atoms with Crippen LogP contribution in [0, 0.1) is 23.2 Å². The molecule has 0 radical (unpaired) electrons. The molecule has 1 saturated carbocycles. The Labute approximate surface area is 105 Å². The largest absolute Gasteiger partial charge is 0.274 e. The van der Waals surface area contributed by atoms with E-state index >= 15 is 0 Å². The Morgan fingerprint density at radius 3 is 2.39 bits per heavy atom. The molecule has 1 aromatic carbocycles. The van der Waals surface area contributed by atoms with Crippen LogP contribution >= 0.6 is 0 Å². The van der Waals surface area contributed by atoms with Gasteiger partial charge in [-0.1, -0.05) is 6.92 Å². The molecule has 1 amide bonds. The number of nitrogens with one attached hydrogen (secondary N) is 1. The molecule has 0 aliphatic heterocycles. The highest BCUT2D eigenvalue weighted by Gasteiger charge is 2.40. The van der Waals surface area contributed by atoms with Gasteiger partial charge >= 0.3 is 0 Å². The molecule has 1 aromatic rings.